The van der Waals surface area contributed by atoms with Crippen LogP contribution in [0.1, 0.15) is 46.5 Å². The summed E-state index contributed by atoms with van der Waals surface area (Å²) in [4.78, 5) is 14.1. The van der Waals surface area contributed by atoms with Crippen molar-refractivity contribution >= 4 is 6.09 Å². The number of allylic oxidation sites excluding steroid dienone is 2. The van der Waals surface area contributed by atoms with Crippen molar-refractivity contribution in [1.82, 2.24) is 10.2 Å². The first-order valence-electron chi connectivity index (χ1n) is 8.80. The predicted octanol–water partition coefficient (Wildman–Crippen LogP) is 3.19. The fourth-order valence-electron chi connectivity index (χ4n) is 4.08. The number of nitrogens with zero attached hydrogens (tertiary/aromatic N) is 1. The maximum atomic E-state index is 12.2. The minimum absolute atomic E-state index is 0.165. The number of rotatable bonds is 3. The van der Waals surface area contributed by atoms with Crippen LogP contribution in [-0.2, 0) is 4.74 Å². The summed E-state index contributed by atoms with van der Waals surface area (Å²) in [5.41, 5.74) is -0.410. The molecule has 0 radical (unpaired) electrons. The van der Waals surface area contributed by atoms with Crippen molar-refractivity contribution in [2.24, 2.45) is 17.8 Å². The average Bonchev–Trinajstić information content (AvgIpc) is 3.06. The number of hydrogen-bond donors (Lipinski definition) is 1. The average molecular weight is 306 g/mol. The molecule has 1 N–H and O–H groups in total. The van der Waals surface area contributed by atoms with Crippen LogP contribution in [0.3, 0.4) is 0 Å². The van der Waals surface area contributed by atoms with Crippen molar-refractivity contribution in [3.05, 3.63) is 12.2 Å². The quantitative estimate of drug-likeness (QED) is 0.814. The number of carbonyl (C=O) groups excluding carboxylic acids is 1. The van der Waals surface area contributed by atoms with Gasteiger partial charge in [0.2, 0.25) is 0 Å². The summed E-state index contributed by atoms with van der Waals surface area (Å²) in [6.45, 7) is 8.47. The number of amides is 1. The van der Waals surface area contributed by atoms with E-state index in [0.717, 1.165) is 50.2 Å². The Morgan fingerprint density at radius 2 is 2.14 bits per heavy atom. The highest BCUT2D eigenvalue weighted by Crippen LogP contribution is 2.43. The third-order valence-electron chi connectivity index (χ3n) is 5.16. The second kappa shape index (κ2) is 6.23. The first-order chi connectivity index (χ1) is 10.4. The van der Waals surface area contributed by atoms with Crippen molar-refractivity contribution in [3.63, 3.8) is 0 Å². The topological polar surface area (TPSA) is 41.6 Å². The van der Waals surface area contributed by atoms with E-state index in [9.17, 15) is 4.79 Å². The minimum atomic E-state index is -0.410. The van der Waals surface area contributed by atoms with Crippen LogP contribution in [0.4, 0.5) is 4.79 Å². The Labute approximate surface area is 134 Å². The summed E-state index contributed by atoms with van der Waals surface area (Å²) in [7, 11) is 0. The molecule has 1 heterocycles. The second-order valence-electron chi connectivity index (χ2n) is 8.21. The van der Waals surface area contributed by atoms with E-state index in [1.165, 1.54) is 12.8 Å². The van der Waals surface area contributed by atoms with E-state index >= 15 is 0 Å². The number of hydrogen-bond acceptors (Lipinski definition) is 3. The molecule has 3 rings (SSSR count). The summed E-state index contributed by atoms with van der Waals surface area (Å²) < 4.78 is 5.49. The Balaban J connectivity index is 1.44. The number of likely N-dealkylation sites (tertiary alicyclic amines) is 1. The van der Waals surface area contributed by atoms with E-state index in [1.807, 2.05) is 25.7 Å². The zero-order chi connectivity index (χ0) is 15.7. The Morgan fingerprint density at radius 3 is 2.77 bits per heavy atom. The van der Waals surface area contributed by atoms with Gasteiger partial charge in [-0.1, -0.05) is 12.2 Å². The number of nitrogens with one attached hydrogen (secondary N) is 1. The van der Waals surface area contributed by atoms with Crippen LogP contribution < -0.4 is 5.32 Å². The standard InChI is InChI=1S/C18H30N2O2/c1-18(2,3)22-17(21)20-8-4-5-16(12-20)19-11-15-10-13-6-7-14(15)9-13/h6-7,13-16,19H,4-5,8-12H2,1-3H3. The highest BCUT2D eigenvalue weighted by molar-refractivity contribution is 5.68. The summed E-state index contributed by atoms with van der Waals surface area (Å²) >= 11 is 0. The molecular formula is C18H30N2O2. The van der Waals surface area contributed by atoms with Crippen LogP contribution in [0, 0.1) is 17.8 Å². The van der Waals surface area contributed by atoms with E-state index in [-0.39, 0.29) is 6.09 Å². The molecule has 4 nitrogen and oxygen atoms in total. The molecule has 4 heteroatoms. The third kappa shape index (κ3) is 3.83. The normalized spacial score (nSPS) is 34.2. The van der Waals surface area contributed by atoms with Crippen LogP contribution >= 0.6 is 0 Å². The van der Waals surface area contributed by atoms with E-state index in [4.69, 9.17) is 4.74 Å². The lowest BCUT2D eigenvalue weighted by molar-refractivity contribution is 0.0186. The zero-order valence-corrected chi connectivity index (χ0v) is 14.2. The smallest absolute Gasteiger partial charge is 0.410 e. The van der Waals surface area contributed by atoms with Crippen molar-refractivity contribution in [2.75, 3.05) is 19.6 Å². The van der Waals surface area contributed by atoms with Gasteiger partial charge in [0.1, 0.15) is 5.60 Å². The second-order valence-corrected chi connectivity index (χ2v) is 8.21. The third-order valence-corrected chi connectivity index (χ3v) is 5.16. The van der Waals surface area contributed by atoms with E-state index < -0.39 is 5.60 Å². The zero-order valence-electron chi connectivity index (χ0n) is 14.2. The highest BCUT2D eigenvalue weighted by atomic mass is 16.6. The van der Waals surface area contributed by atoms with Gasteiger partial charge < -0.3 is 15.0 Å². The fraction of sp³-hybridized carbons (Fsp3) is 0.833. The van der Waals surface area contributed by atoms with Crippen LogP contribution in [0.5, 0.6) is 0 Å². The molecule has 2 fully saturated rings. The molecule has 3 aliphatic rings. The van der Waals surface area contributed by atoms with E-state index in [1.54, 1.807) is 0 Å². The summed E-state index contributed by atoms with van der Waals surface area (Å²) in [5, 5.41) is 3.71. The van der Waals surface area contributed by atoms with E-state index in [2.05, 4.69) is 17.5 Å². The van der Waals surface area contributed by atoms with Crippen molar-refractivity contribution in [3.8, 4) is 0 Å². The lowest BCUT2D eigenvalue weighted by atomic mass is 9.93. The van der Waals surface area contributed by atoms with Crippen LogP contribution in [0.15, 0.2) is 12.2 Å². The molecule has 22 heavy (non-hydrogen) atoms. The van der Waals surface area contributed by atoms with Gasteiger partial charge >= 0.3 is 6.09 Å². The Kier molecular flexibility index (Phi) is 4.49. The molecule has 1 amide bonds. The van der Waals surface area contributed by atoms with Crippen molar-refractivity contribution < 1.29 is 9.53 Å². The summed E-state index contributed by atoms with van der Waals surface area (Å²) in [5.74, 6) is 2.43. The first-order valence-corrected chi connectivity index (χ1v) is 8.80. The van der Waals surface area contributed by atoms with Gasteiger partial charge in [-0.2, -0.15) is 0 Å². The molecular weight excluding hydrogens is 276 g/mol. The number of fused-ring (bicyclic) bond motifs is 2. The Morgan fingerprint density at radius 1 is 1.32 bits per heavy atom. The van der Waals surface area contributed by atoms with Gasteiger partial charge in [0.15, 0.2) is 0 Å². The molecule has 0 spiro atoms. The molecule has 4 unspecified atom stereocenters. The van der Waals surface area contributed by atoms with Gasteiger partial charge in [-0.3, -0.25) is 0 Å². The lowest BCUT2D eigenvalue weighted by Crippen LogP contribution is -2.50. The molecule has 0 aromatic carbocycles. The van der Waals surface area contributed by atoms with Crippen LogP contribution in [-0.4, -0.2) is 42.3 Å². The SMILES string of the molecule is CC(C)(C)OC(=O)N1CCCC(NCC2CC3C=CC2C3)C1. The number of ether oxygens (including phenoxy) is 1. The van der Waals surface area contributed by atoms with Crippen LogP contribution in [0.2, 0.25) is 0 Å². The monoisotopic (exact) mass is 306 g/mol. The molecule has 2 bridgehead atoms. The van der Waals surface area contributed by atoms with Crippen molar-refractivity contribution in [2.45, 2.75) is 58.1 Å². The van der Waals surface area contributed by atoms with E-state index in [0.29, 0.717) is 6.04 Å². The molecule has 4 atom stereocenters. The Hall–Kier alpha value is -1.03. The molecule has 0 aromatic heterocycles. The Bertz CT molecular complexity index is 441. The molecule has 1 saturated heterocycles. The van der Waals surface area contributed by atoms with Gasteiger partial charge in [0.05, 0.1) is 0 Å². The largest absolute Gasteiger partial charge is 0.444 e. The maximum Gasteiger partial charge on any atom is 0.410 e. The number of carbonyl (C=O) groups is 1. The van der Waals surface area contributed by atoms with Crippen molar-refractivity contribution in [1.29, 1.82) is 0 Å². The van der Waals surface area contributed by atoms with Gasteiger partial charge in [-0.15, -0.1) is 0 Å². The molecule has 0 aromatic rings. The molecule has 1 saturated carbocycles. The fourth-order valence-corrected chi connectivity index (χ4v) is 4.08. The summed E-state index contributed by atoms with van der Waals surface area (Å²) in [6, 6.07) is 0.421. The predicted molar refractivity (Wildman–Crippen MR) is 87.7 cm³/mol. The number of piperidine rings is 1. The van der Waals surface area contributed by atoms with Gasteiger partial charge in [-0.25, -0.2) is 4.79 Å². The van der Waals surface area contributed by atoms with Gasteiger partial charge in [-0.05, 0) is 70.8 Å². The van der Waals surface area contributed by atoms with Gasteiger partial charge in [0, 0.05) is 19.1 Å². The minimum Gasteiger partial charge on any atom is -0.444 e. The lowest BCUT2D eigenvalue weighted by Gasteiger charge is -2.35. The molecule has 1 aliphatic heterocycles. The molecule has 2 aliphatic carbocycles. The highest BCUT2D eigenvalue weighted by Gasteiger charge is 2.36. The van der Waals surface area contributed by atoms with Crippen LogP contribution in [0.25, 0.3) is 0 Å². The maximum absolute atomic E-state index is 12.2. The molecule has 124 valence electrons. The van der Waals surface area contributed by atoms with Gasteiger partial charge in [0.25, 0.3) is 0 Å². The summed E-state index contributed by atoms with van der Waals surface area (Å²) in [6.07, 6.45) is 9.57. The first kappa shape index (κ1) is 15.9.